The first-order valence-electron chi connectivity index (χ1n) is 6.16. The molecular weight excluding hydrogens is 372 g/mol. The van der Waals surface area contributed by atoms with Crippen molar-refractivity contribution in [3.8, 4) is 11.5 Å². The van der Waals surface area contributed by atoms with Crippen LogP contribution in [0.5, 0.6) is 11.5 Å². The Kier molecular flexibility index (Phi) is 3.99. The van der Waals surface area contributed by atoms with E-state index in [9.17, 15) is 4.79 Å². The molecule has 0 saturated heterocycles. The predicted molar refractivity (Wildman–Crippen MR) is 87.7 cm³/mol. The maximum absolute atomic E-state index is 11.7. The highest BCUT2D eigenvalue weighted by atomic mass is 79.9. The first-order valence-corrected chi connectivity index (χ1v) is 7.76. The molecule has 9 heteroatoms. The molecule has 0 atom stereocenters. The minimum atomic E-state index is -0.222. The van der Waals surface area contributed by atoms with Crippen molar-refractivity contribution in [1.82, 2.24) is 14.6 Å². The Bertz CT molecular complexity index is 867. The van der Waals surface area contributed by atoms with E-state index in [0.29, 0.717) is 21.6 Å². The third-order valence-corrected chi connectivity index (χ3v) is 4.49. The number of aromatic nitrogens is 3. The lowest BCUT2D eigenvalue weighted by Gasteiger charge is -2.11. The second-order valence-electron chi connectivity index (χ2n) is 4.20. The van der Waals surface area contributed by atoms with Gasteiger partial charge < -0.3 is 14.8 Å². The molecule has 0 saturated carbocycles. The number of methoxy groups -OCH3 is 2. The summed E-state index contributed by atoms with van der Waals surface area (Å²) in [7, 11) is 3.15. The van der Waals surface area contributed by atoms with Crippen LogP contribution >= 0.6 is 27.3 Å². The summed E-state index contributed by atoms with van der Waals surface area (Å²) in [6, 6.07) is 4.96. The Balaban J connectivity index is 2.01. The zero-order valence-electron chi connectivity index (χ0n) is 11.7. The highest BCUT2D eigenvalue weighted by Crippen LogP contribution is 2.38. The van der Waals surface area contributed by atoms with Crippen LogP contribution in [0, 0.1) is 0 Å². The van der Waals surface area contributed by atoms with Crippen LogP contribution in [0.15, 0.2) is 33.7 Å². The summed E-state index contributed by atoms with van der Waals surface area (Å²) in [6.45, 7) is 0. The van der Waals surface area contributed by atoms with Crippen LogP contribution in [0.1, 0.15) is 0 Å². The van der Waals surface area contributed by atoms with E-state index in [2.05, 4.69) is 31.3 Å². The molecular formula is C13H11BrN4O3S. The van der Waals surface area contributed by atoms with E-state index in [1.165, 1.54) is 28.1 Å². The van der Waals surface area contributed by atoms with E-state index in [1.54, 1.807) is 26.4 Å². The predicted octanol–water partition coefficient (Wildman–Crippen LogP) is 2.67. The standard InChI is InChI=1S/C13H11BrN4O3S/c1-20-8-5-7(6-9(21-2)11(8)14)16-12-17-18-10(19)3-4-15-13(18)22-12/h3-6H,1-2H3,(H,16,17). The fraction of sp³-hybridized carbons (Fsp3) is 0.154. The number of benzene rings is 1. The summed E-state index contributed by atoms with van der Waals surface area (Å²) in [5.74, 6) is 1.25. The monoisotopic (exact) mass is 382 g/mol. The van der Waals surface area contributed by atoms with Gasteiger partial charge in [0.15, 0.2) is 0 Å². The third-order valence-electron chi connectivity index (χ3n) is 2.87. The number of rotatable bonds is 4. The van der Waals surface area contributed by atoms with E-state index in [0.717, 1.165) is 10.2 Å². The molecule has 3 rings (SSSR count). The highest BCUT2D eigenvalue weighted by Gasteiger charge is 2.12. The lowest BCUT2D eigenvalue weighted by Crippen LogP contribution is -2.12. The van der Waals surface area contributed by atoms with Gasteiger partial charge in [0.05, 0.1) is 14.2 Å². The van der Waals surface area contributed by atoms with Crippen molar-refractivity contribution in [1.29, 1.82) is 0 Å². The molecule has 0 unspecified atom stereocenters. The minimum Gasteiger partial charge on any atom is -0.495 e. The lowest BCUT2D eigenvalue weighted by molar-refractivity contribution is 0.390. The van der Waals surface area contributed by atoms with E-state index in [4.69, 9.17) is 9.47 Å². The second kappa shape index (κ2) is 5.93. The van der Waals surface area contributed by atoms with Gasteiger partial charge in [0.25, 0.3) is 5.56 Å². The van der Waals surface area contributed by atoms with Crippen LogP contribution in [-0.4, -0.2) is 28.8 Å². The van der Waals surface area contributed by atoms with Gasteiger partial charge in [-0.15, -0.1) is 5.10 Å². The molecule has 0 fully saturated rings. The van der Waals surface area contributed by atoms with Crippen molar-refractivity contribution in [2.75, 3.05) is 19.5 Å². The van der Waals surface area contributed by atoms with Crippen LogP contribution in [0.3, 0.4) is 0 Å². The minimum absolute atomic E-state index is 0.222. The van der Waals surface area contributed by atoms with Crippen LogP contribution in [0.4, 0.5) is 10.8 Å². The molecule has 0 aliphatic carbocycles. The van der Waals surface area contributed by atoms with E-state index in [-0.39, 0.29) is 5.56 Å². The first kappa shape index (κ1) is 14.8. The zero-order valence-corrected chi connectivity index (χ0v) is 14.1. The summed E-state index contributed by atoms with van der Waals surface area (Å²) in [4.78, 5) is 16.3. The molecule has 3 aromatic rings. The summed E-state index contributed by atoms with van der Waals surface area (Å²) in [6.07, 6.45) is 1.46. The van der Waals surface area contributed by atoms with Gasteiger partial charge >= 0.3 is 0 Å². The van der Waals surface area contributed by atoms with Crippen LogP contribution in [0.2, 0.25) is 0 Å². The van der Waals surface area contributed by atoms with Gasteiger partial charge in [0, 0.05) is 30.1 Å². The van der Waals surface area contributed by atoms with E-state index >= 15 is 0 Å². The van der Waals surface area contributed by atoms with Gasteiger partial charge in [0.1, 0.15) is 16.0 Å². The normalized spacial score (nSPS) is 10.7. The van der Waals surface area contributed by atoms with Crippen molar-refractivity contribution in [2.24, 2.45) is 0 Å². The highest BCUT2D eigenvalue weighted by molar-refractivity contribution is 9.10. The Morgan fingerprint density at radius 1 is 1.27 bits per heavy atom. The summed E-state index contributed by atoms with van der Waals surface area (Å²) in [5, 5.41) is 7.86. The quantitative estimate of drug-likeness (QED) is 0.747. The van der Waals surface area contributed by atoms with Crippen molar-refractivity contribution in [3.63, 3.8) is 0 Å². The Labute approximate surface area is 137 Å². The molecule has 0 aliphatic rings. The van der Waals surface area contributed by atoms with E-state index < -0.39 is 0 Å². The molecule has 0 aliphatic heterocycles. The molecule has 7 nitrogen and oxygen atoms in total. The fourth-order valence-corrected chi connectivity index (χ4v) is 3.21. The van der Waals surface area contributed by atoms with Crippen molar-refractivity contribution < 1.29 is 9.47 Å². The van der Waals surface area contributed by atoms with Crippen LogP contribution in [-0.2, 0) is 0 Å². The molecule has 2 heterocycles. The van der Waals surface area contributed by atoms with Gasteiger partial charge in [-0.2, -0.15) is 4.52 Å². The number of hydrogen-bond donors (Lipinski definition) is 1. The number of nitrogens with zero attached hydrogens (tertiary/aromatic N) is 3. The SMILES string of the molecule is COc1cc(Nc2nn3c(=O)ccnc3s2)cc(OC)c1Br. The molecule has 114 valence electrons. The van der Waals surface area contributed by atoms with E-state index in [1.807, 2.05) is 0 Å². The van der Waals surface area contributed by atoms with Crippen molar-refractivity contribution in [2.45, 2.75) is 0 Å². The number of halogens is 1. The zero-order chi connectivity index (χ0) is 15.7. The van der Waals surface area contributed by atoms with Gasteiger partial charge in [-0.25, -0.2) is 4.98 Å². The van der Waals surface area contributed by atoms with Gasteiger partial charge in [-0.3, -0.25) is 4.79 Å². The average Bonchev–Trinajstić information content (AvgIpc) is 2.92. The number of nitrogens with one attached hydrogen (secondary N) is 1. The number of fused-ring (bicyclic) bond motifs is 1. The topological polar surface area (TPSA) is 77.8 Å². The lowest BCUT2D eigenvalue weighted by atomic mass is 10.3. The fourth-order valence-electron chi connectivity index (χ4n) is 1.86. The smallest absolute Gasteiger partial charge is 0.275 e. The average molecular weight is 383 g/mol. The first-order chi connectivity index (χ1) is 10.6. The molecule has 0 radical (unpaired) electrons. The number of anilines is 2. The van der Waals surface area contributed by atoms with Gasteiger partial charge in [0.2, 0.25) is 10.1 Å². The van der Waals surface area contributed by atoms with Crippen LogP contribution in [0.25, 0.3) is 4.96 Å². The van der Waals surface area contributed by atoms with Gasteiger partial charge in [-0.1, -0.05) is 11.3 Å². The molecule has 0 spiro atoms. The molecule has 0 bridgehead atoms. The Morgan fingerprint density at radius 2 is 1.95 bits per heavy atom. The van der Waals surface area contributed by atoms with Crippen molar-refractivity contribution >= 4 is 43.0 Å². The largest absolute Gasteiger partial charge is 0.495 e. The molecule has 1 aromatic carbocycles. The second-order valence-corrected chi connectivity index (χ2v) is 5.95. The van der Waals surface area contributed by atoms with Crippen LogP contribution < -0.4 is 20.3 Å². The Hall–Kier alpha value is -2.13. The van der Waals surface area contributed by atoms with Gasteiger partial charge in [-0.05, 0) is 15.9 Å². The molecule has 22 heavy (non-hydrogen) atoms. The molecule has 2 aromatic heterocycles. The molecule has 1 N–H and O–H groups in total. The third kappa shape index (κ3) is 2.64. The summed E-state index contributed by atoms with van der Waals surface area (Å²) in [5.41, 5.74) is 0.504. The summed E-state index contributed by atoms with van der Waals surface area (Å²) < 4.78 is 12.6. The maximum atomic E-state index is 11.7. The molecule has 0 amide bonds. The number of hydrogen-bond acceptors (Lipinski definition) is 7. The van der Waals surface area contributed by atoms with Crippen molar-refractivity contribution in [3.05, 3.63) is 39.2 Å². The number of ether oxygens (including phenoxy) is 2. The maximum Gasteiger partial charge on any atom is 0.275 e. The summed E-state index contributed by atoms with van der Waals surface area (Å²) >= 11 is 4.69. The Morgan fingerprint density at radius 3 is 2.55 bits per heavy atom.